The molecule has 2 N–H and O–H groups in total. The van der Waals surface area contributed by atoms with Crippen LogP contribution in [-0.2, 0) is 12.8 Å². The Morgan fingerprint density at radius 3 is 1.46 bits per heavy atom. The minimum Gasteiger partial charge on any atom is -0.384 e. The second-order valence-electron chi connectivity index (χ2n) is 7.01. The molecule has 0 amide bonds. The Morgan fingerprint density at radius 2 is 1.04 bits per heavy atom. The maximum atomic E-state index is 11.0. The maximum Gasteiger partial charge on any atom is 0.106 e. The Hall–Kier alpha value is -2.42. The van der Waals surface area contributed by atoms with Gasteiger partial charge < -0.3 is 10.2 Å². The number of benzene rings is 3. The van der Waals surface area contributed by atoms with Crippen LogP contribution in [0.4, 0.5) is 0 Å². The molecule has 3 aliphatic carbocycles. The molecule has 6 rings (SSSR count). The first-order chi connectivity index (χ1) is 11.8. The smallest absolute Gasteiger partial charge is 0.106 e. The molecule has 2 heteroatoms. The number of hydrogen-bond donors (Lipinski definition) is 2. The van der Waals surface area contributed by atoms with Crippen molar-refractivity contribution in [2.24, 2.45) is 0 Å². The lowest BCUT2D eigenvalue weighted by Crippen LogP contribution is -2.15. The second kappa shape index (κ2) is 4.15. The summed E-state index contributed by atoms with van der Waals surface area (Å²) in [7, 11) is 0. The van der Waals surface area contributed by atoms with E-state index in [-0.39, 0.29) is 0 Å². The Labute approximate surface area is 140 Å². The molecular weight excluding hydrogens is 296 g/mol. The molecule has 3 aromatic rings. The van der Waals surface area contributed by atoms with Crippen molar-refractivity contribution in [1.82, 2.24) is 0 Å². The van der Waals surface area contributed by atoms with Crippen molar-refractivity contribution in [2.75, 3.05) is 0 Å². The Kier molecular flexibility index (Phi) is 2.24. The molecule has 0 bridgehead atoms. The van der Waals surface area contributed by atoms with Crippen molar-refractivity contribution in [1.29, 1.82) is 0 Å². The van der Waals surface area contributed by atoms with Gasteiger partial charge >= 0.3 is 0 Å². The van der Waals surface area contributed by atoms with Gasteiger partial charge in [0.2, 0.25) is 0 Å². The first-order valence-electron chi connectivity index (χ1n) is 8.53. The monoisotopic (exact) mass is 312 g/mol. The fourth-order valence-electron chi connectivity index (χ4n) is 4.94. The van der Waals surface area contributed by atoms with E-state index in [1.807, 2.05) is 36.4 Å². The molecule has 2 unspecified atom stereocenters. The van der Waals surface area contributed by atoms with Crippen molar-refractivity contribution in [3.63, 3.8) is 0 Å². The highest BCUT2D eigenvalue weighted by molar-refractivity contribution is 5.93. The van der Waals surface area contributed by atoms with Crippen LogP contribution in [0.25, 0.3) is 22.3 Å². The maximum absolute atomic E-state index is 11.0. The third-order valence-electron chi connectivity index (χ3n) is 6.02. The van der Waals surface area contributed by atoms with Crippen LogP contribution in [0.3, 0.4) is 0 Å². The third-order valence-corrected chi connectivity index (χ3v) is 6.02. The molecule has 0 radical (unpaired) electrons. The number of hydrogen-bond acceptors (Lipinski definition) is 2. The first kappa shape index (κ1) is 12.9. The third kappa shape index (κ3) is 1.28. The normalized spacial score (nSPS) is 21.4. The molecule has 116 valence electrons. The van der Waals surface area contributed by atoms with Crippen molar-refractivity contribution >= 4 is 0 Å². The molecule has 3 aliphatic rings. The predicted molar refractivity (Wildman–Crippen MR) is 92.8 cm³/mol. The fraction of sp³-hybridized carbons (Fsp3) is 0.182. The van der Waals surface area contributed by atoms with E-state index >= 15 is 0 Å². The molecule has 2 nitrogen and oxygen atoms in total. The molecular formula is C22H16O2. The summed E-state index contributed by atoms with van der Waals surface area (Å²) in [6.07, 6.45) is 0.841. The van der Waals surface area contributed by atoms with Crippen LogP contribution in [0, 0.1) is 0 Å². The van der Waals surface area contributed by atoms with E-state index in [1.165, 1.54) is 22.3 Å². The van der Waals surface area contributed by atoms with Gasteiger partial charge in [0.25, 0.3) is 0 Å². The largest absolute Gasteiger partial charge is 0.384 e. The van der Waals surface area contributed by atoms with Crippen LogP contribution in [0.15, 0.2) is 48.5 Å². The summed E-state index contributed by atoms with van der Waals surface area (Å²) < 4.78 is 0. The summed E-state index contributed by atoms with van der Waals surface area (Å²) >= 11 is 0. The highest BCUT2D eigenvalue weighted by atomic mass is 16.3. The summed E-state index contributed by atoms with van der Waals surface area (Å²) in [6, 6.07) is 16.2. The lowest BCUT2D eigenvalue weighted by Gasteiger charge is -2.28. The molecule has 0 aromatic heterocycles. The van der Waals surface area contributed by atoms with E-state index in [0.717, 1.165) is 46.2 Å². The molecule has 3 aromatic carbocycles. The van der Waals surface area contributed by atoms with E-state index < -0.39 is 12.2 Å². The zero-order chi connectivity index (χ0) is 16.0. The molecule has 2 atom stereocenters. The summed E-state index contributed by atoms with van der Waals surface area (Å²) in [5.74, 6) is 0. The molecule has 0 aliphatic heterocycles. The lowest BCUT2D eigenvalue weighted by molar-refractivity contribution is 0.203. The van der Waals surface area contributed by atoms with Crippen molar-refractivity contribution in [3.05, 3.63) is 81.9 Å². The van der Waals surface area contributed by atoms with E-state index in [4.69, 9.17) is 0 Å². The minimum atomic E-state index is -0.639. The van der Waals surface area contributed by atoms with Crippen LogP contribution in [-0.4, -0.2) is 10.2 Å². The molecule has 0 saturated heterocycles. The van der Waals surface area contributed by atoms with Gasteiger partial charge in [-0.25, -0.2) is 0 Å². The van der Waals surface area contributed by atoms with Crippen molar-refractivity contribution < 1.29 is 10.2 Å². The second-order valence-corrected chi connectivity index (χ2v) is 7.01. The minimum absolute atomic E-state index is 0.639. The number of aliphatic hydroxyl groups excluding tert-OH is 2. The summed E-state index contributed by atoms with van der Waals surface area (Å²) in [5.41, 5.74) is 11.2. The van der Waals surface area contributed by atoms with Gasteiger partial charge in [-0.3, -0.25) is 0 Å². The summed E-state index contributed by atoms with van der Waals surface area (Å²) in [6.45, 7) is 0. The van der Waals surface area contributed by atoms with Gasteiger partial charge in [-0.15, -0.1) is 0 Å². The number of aliphatic hydroxyl groups is 2. The van der Waals surface area contributed by atoms with E-state index in [0.29, 0.717) is 0 Å². The van der Waals surface area contributed by atoms with Gasteiger partial charge in [0, 0.05) is 0 Å². The van der Waals surface area contributed by atoms with Crippen LogP contribution in [0.2, 0.25) is 0 Å². The predicted octanol–water partition coefficient (Wildman–Crippen LogP) is 3.91. The van der Waals surface area contributed by atoms with Gasteiger partial charge in [0.05, 0.1) is 0 Å². The highest BCUT2D eigenvalue weighted by Gasteiger charge is 2.42. The molecule has 0 heterocycles. The topological polar surface area (TPSA) is 40.5 Å². The summed E-state index contributed by atoms with van der Waals surface area (Å²) in [4.78, 5) is 0. The van der Waals surface area contributed by atoms with E-state index in [9.17, 15) is 10.2 Å². The number of fused-ring (bicyclic) bond motifs is 10. The molecule has 0 saturated carbocycles. The van der Waals surface area contributed by atoms with Crippen LogP contribution in [0.5, 0.6) is 0 Å². The van der Waals surface area contributed by atoms with Gasteiger partial charge in [-0.1, -0.05) is 48.5 Å². The van der Waals surface area contributed by atoms with Crippen LogP contribution >= 0.6 is 0 Å². The zero-order valence-electron chi connectivity index (χ0n) is 13.1. The van der Waals surface area contributed by atoms with Crippen molar-refractivity contribution in [3.8, 4) is 22.3 Å². The first-order valence-corrected chi connectivity index (χ1v) is 8.53. The van der Waals surface area contributed by atoms with Crippen LogP contribution < -0.4 is 0 Å². The Balaban J connectivity index is 1.78. The Morgan fingerprint density at radius 1 is 0.625 bits per heavy atom. The average molecular weight is 312 g/mol. The van der Waals surface area contributed by atoms with E-state index in [2.05, 4.69) is 12.1 Å². The standard InChI is InChI=1S/C22H16O2/c23-21-15-7-3-1-5-11(15)17-13-9-10-14(13)18-12-6-2-4-8-16(12)22(24)20(18)19(17)21/h1-8,21-24H,9-10H2. The van der Waals surface area contributed by atoms with E-state index in [1.54, 1.807) is 0 Å². The average Bonchev–Trinajstić information content (AvgIpc) is 3.02. The van der Waals surface area contributed by atoms with Crippen LogP contribution in [0.1, 0.15) is 45.6 Å². The number of rotatable bonds is 0. The lowest BCUT2D eigenvalue weighted by atomic mass is 9.76. The fourth-order valence-corrected chi connectivity index (χ4v) is 4.94. The van der Waals surface area contributed by atoms with Crippen molar-refractivity contribution in [2.45, 2.75) is 25.0 Å². The summed E-state index contributed by atoms with van der Waals surface area (Å²) in [5, 5.41) is 22.0. The van der Waals surface area contributed by atoms with Gasteiger partial charge in [-0.2, -0.15) is 0 Å². The molecule has 0 fully saturated rings. The quantitative estimate of drug-likeness (QED) is 0.661. The molecule has 24 heavy (non-hydrogen) atoms. The SMILES string of the molecule is OC1c2ccccc2-c2c3c(c4c(c21)C(O)c1ccccc1-4)CC3. The van der Waals surface area contributed by atoms with Gasteiger partial charge in [-0.05, 0) is 68.5 Å². The highest BCUT2D eigenvalue weighted by Crippen LogP contribution is 2.58. The van der Waals surface area contributed by atoms with Gasteiger partial charge in [0.1, 0.15) is 12.2 Å². The molecule has 0 spiro atoms. The Bertz CT molecular complexity index is 964. The zero-order valence-corrected chi connectivity index (χ0v) is 13.1. The van der Waals surface area contributed by atoms with Gasteiger partial charge in [0.15, 0.2) is 0 Å².